The number of nitrogens with zero attached hydrogens (tertiary/aromatic N) is 3. The number of aromatic nitrogens is 2. The molecule has 7 nitrogen and oxygen atoms in total. The molecule has 0 spiro atoms. The first kappa shape index (κ1) is 12.6. The molecule has 1 aromatic rings. The zero-order valence-corrected chi connectivity index (χ0v) is 10.5. The van der Waals surface area contributed by atoms with E-state index in [-0.39, 0.29) is 5.91 Å². The lowest BCUT2D eigenvalue weighted by Gasteiger charge is -2.09. The summed E-state index contributed by atoms with van der Waals surface area (Å²) in [5.74, 6) is 0.382. The van der Waals surface area contributed by atoms with Crippen molar-refractivity contribution in [2.75, 3.05) is 20.3 Å². The molecule has 0 aromatic carbocycles. The van der Waals surface area contributed by atoms with Gasteiger partial charge in [0.2, 0.25) is 0 Å². The minimum absolute atomic E-state index is 0.110. The molecule has 0 radical (unpaired) electrons. The highest BCUT2D eigenvalue weighted by Crippen LogP contribution is 2.15. The van der Waals surface area contributed by atoms with Gasteiger partial charge in [-0.3, -0.25) is 15.1 Å². The summed E-state index contributed by atoms with van der Waals surface area (Å²) in [6.07, 6.45) is 3.41. The molecule has 1 unspecified atom stereocenters. The molecule has 1 fully saturated rings. The number of aliphatic imine (C=N–C) groups is 1. The highest BCUT2D eigenvalue weighted by molar-refractivity contribution is 6.06. The van der Waals surface area contributed by atoms with Gasteiger partial charge in [-0.2, -0.15) is 0 Å². The van der Waals surface area contributed by atoms with E-state index >= 15 is 0 Å². The van der Waals surface area contributed by atoms with Gasteiger partial charge in [0, 0.05) is 13.7 Å². The third kappa shape index (κ3) is 2.51. The number of guanidine groups is 1. The van der Waals surface area contributed by atoms with E-state index < -0.39 is 6.04 Å². The fraction of sp³-hybridized carbons (Fsp3) is 0.545. The minimum Gasteiger partial charge on any atom is -0.383 e. The van der Waals surface area contributed by atoms with Gasteiger partial charge in [0.25, 0.3) is 5.91 Å². The molecule has 1 aromatic heterocycles. The van der Waals surface area contributed by atoms with Crippen LogP contribution in [0.15, 0.2) is 17.5 Å². The molecule has 1 atom stereocenters. The highest BCUT2D eigenvalue weighted by atomic mass is 16.5. The Labute approximate surface area is 105 Å². The number of carbonyl (C=O) groups is 1. The normalized spacial score (nSPS) is 21.1. The fourth-order valence-corrected chi connectivity index (χ4v) is 1.80. The molecule has 2 heterocycles. The molecule has 1 saturated heterocycles. The zero-order valence-electron chi connectivity index (χ0n) is 10.5. The van der Waals surface area contributed by atoms with Crippen LogP contribution in [0.4, 0.5) is 0 Å². The second-order valence-electron chi connectivity index (χ2n) is 3.89. The average Bonchev–Trinajstić information content (AvgIpc) is 2.95. The van der Waals surface area contributed by atoms with Crippen LogP contribution in [0.3, 0.4) is 0 Å². The molecule has 1 aliphatic heterocycles. The van der Waals surface area contributed by atoms with E-state index in [0.717, 1.165) is 12.2 Å². The standard InChI is InChI=1S/C11H17N5O2/c1-3-16-7-12-6-8(16)9-10(17)15-11(14-9)13-4-5-18-2/h6-7,9H,3-5H2,1-2H3,(H2,13,14,15,17). The molecule has 0 saturated carbocycles. The number of methoxy groups -OCH3 is 1. The van der Waals surface area contributed by atoms with Gasteiger partial charge in [-0.05, 0) is 6.92 Å². The first-order valence-electron chi connectivity index (χ1n) is 5.87. The second-order valence-corrected chi connectivity index (χ2v) is 3.89. The quantitative estimate of drug-likeness (QED) is 0.702. The van der Waals surface area contributed by atoms with Crippen LogP contribution in [0, 0.1) is 0 Å². The van der Waals surface area contributed by atoms with Crippen molar-refractivity contribution in [1.29, 1.82) is 0 Å². The Morgan fingerprint density at radius 1 is 1.61 bits per heavy atom. The lowest BCUT2D eigenvalue weighted by Crippen LogP contribution is -2.26. The van der Waals surface area contributed by atoms with Gasteiger partial charge < -0.3 is 14.6 Å². The fourth-order valence-electron chi connectivity index (χ4n) is 1.80. The van der Waals surface area contributed by atoms with Crippen LogP contribution in [0.25, 0.3) is 0 Å². The van der Waals surface area contributed by atoms with Crippen molar-refractivity contribution in [3.05, 3.63) is 18.2 Å². The van der Waals surface area contributed by atoms with E-state index in [0.29, 0.717) is 19.1 Å². The number of rotatable bonds is 5. The van der Waals surface area contributed by atoms with Crippen molar-refractivity contribution in [2.45, 2.75) is 19.5 Å². The summed E-state index contributed by atoms with van der Waals surface area (Å²) >= 11 is 0. The summed E-state index contributed by atoms with van der Waals surface area (Å²) in [5, 5.41) is 5.76. The Morgan fingerprint density at radius 2 is 2.44 bits per heavy atom. The van der Waals surface area contributed by atoms with Gasteiger partial charge in [0.1, 0.15) is 0 Å². The maximum absolute atomic E-state index is 11.9. The number of hydrogen-bond acceptors (Lipinski definition) is 4. The van der Waals surface area contributed by atoms with Gasteiger partial charge in [-0.25, -0.2) is 4.98 Å². The number of carbonyl (C=O) groups excluding carboxylic acids is 1. The third-order valence-corrected chi connectivity index (χ3v) is 2.73. The molecule has 18 heavy (non-hydrogen) atoms. The van der Waals surface area contributed by atoms with Crippen molar-refractivity contribution < 1.29 is 9.53 Å². The number of hydrogen-bond donors (Lipinski definition) is 2. The number of aryl methyl sites for hydroxylation is 1. The molecule has 0 aliphatic carbocycles. The van der Waals surface area contributed by atoms with Crippen molar-refractivity contribution in [3.63, 3.8) is 0 Å². The number of imidazole rings is 1. The van der Waals surface area contributed by atoms with E-state index in [1.165, 1.54) is 0 Å². The molecule has 7 heteroatoms. The maximum atomic E-state index is 11.9. The molecule has 2 rings (SSSR count). The monoisotopic (exact) mass is 251 g/mol. The Balaban J connectivity index is 2.08. The first-order chi connectivity index (χ1) is 8.76. The zero-order chi connectivity index (χ0) is 13.0. The molecule has 2 N–H and O–H groups in total. The molecular weight excluding hydrogens is 234 g/mol. The lowest BCUT2D eigenvalue weighted by molar-refractivity contribution is -0.120. The van der Waals surface area contributed by atoms with Crippen LogP contribution in [0.1, 0.15) is 18.7 Å². The predicted octanol–water partition coefficient (Wildman–Crippen LogP) is -0.334. The number of ether oxygens (including phenoxy) is 1. The maximum Gasteiger partial charge on any atom is 0.255 e. The Morgan fingerprint density at radius 3 is 3.17 bits per heavy atom. The smallest absolute Gasteiger partial charge is 0.255 e. The average molecular weight is 251 g/mol. The van der Waals surface area contributed by atoms with Gasteiger partial charge in [-0.1, -0.05) is 0 Å². The predicted molar refractivity (Wildman–Crippen MR) is 66.1 cm³/mol. The van der Waals surface area contributed by atoms with Crippen molar-refractivity contribution in [2.24, 2.45) is 4.99 Å². The summed E-state index contributed by atoms with van der Waals surface area (Å²) in [4.78, 5) is 20.1. The van der Waals surface area contributed by atoms with Gasteiger partial charge in [0.15, 0.2) is 12.0 Å². The number of nitrogens with one attached hydrogen (secondary N) is 2. The van der Waals surface area contributed by atoms with E-state index in [2.05, 4.69) is 20.6 Å². The SMILES string of the molecule is CCn1cncc1C1NC(=NCCOC)NC1=O. The summed E-state index contributed by atoms with van der Waals surface area (Å²) in [6.45, 7) is 3.82. The first-order valence-corrected chi connectivity index (χ1v) is 5.87. The van der Waals surface area contributed by atoms with Crippen LogP contribution >= 0.6 is 0 Å². The van der Waals surface area contributed by atoms with Crippen LogP contribution < -0.4 is 10.6 Å². The molecule has 1 aliphatic rings. The van der Waals surface area contributed by atoms with E-state index in [4.69, 9.17) is 4.74 Å². The van der Waals surface area contributed by atoms with E-state index in [1.54, 1.807) is 19.6 Å². The van der Waals surface area contributed by atoms with Crippen molar-refractivity contribution in [3.8, 4) is 0 Å². The Hall–Kier alpha value is -1.89. The Bertz CT molecular complexity index is 454. The van der Waals surface area contributed by atoms with E-state index in [1.807, 2.05) is 11.5 Å². The largest absolute Gasteiger partial charge is 0.383 e. The Kier molecular flexibility index (Phi) is 3.93. The van der Waals surface area contributed by atoms with Crippen LogP contribution in [-0.2, 0) is 16.1 Å². The summed E-state index contributed by atoms with van der Waals surface area (Å²) < 4.78 is 6.83. The van der Waals surface area contributed by atoms with E-state index in [9.17, 15) is 4.79 Å². The molecule has 1 amide bonds. The van der Waals surface area contributed by atoms with Crippen LogP contribution in [-0.4, -0.2) is 41.7 Å². The molecule has 98 valence electrons. The molecular formula is C11H17N5O2. The summed E-state index contributed by atoms with van der Waals surface area (Å²) in [6, 6.07) is -0.422. The third-order valence-electron chi connectivity index (χ3n) is 2.73. The van der Waals surface area contributed by atoms with Crippen molar-refractivity contribution >= 4 is 11.9 Å². The van der Waals surface area contributed by atoms with Gasteiger partial charge >= 0.3 is 0 Å². The number of amides is 1. The second kappa shape index (κ2) is 5.63. The van der Waals surface area contributed by atoms with Crippen LogP contribution in [0.5, 0.6) is 0 Å². The summed E-state index contributed by atoms with van der Waals surface area (Å²) in [5.41, 5.74) is 0.840. The lowest BCUT2D eigenvalue weighted by atomic mass is 10.2. The highest BCUT2D eigenvalue weighted by Gasteiger charge is 2.31. The van der Waals surface area contributed by atoms with Gasteiger partial charge in [0.05, 0.1) is 31.4 Å². The van der Waals surface area contributed by atoms with Crippen molar-refractivity contribution in [1.82, 2.24) is 20.2 Å². The van der Waals surface area contributed by atoms with Gasteiger partial charge in [-0.15, -0.1) is 0 Å². The van der Waals surface area contributed by atoms with Crippen LogP contribution in [0.2, 0.25) is 0 Å². The summed E-state index contributed by atoms with van der Waals surface area (Å²) in [7, 11) is 1.61. The molecule has 0 bridgehead atoms. The topological polar surface area (TPSA) is 80.5 Å². The minimum atomic E-state index is -0.422.